The van der Waals surface area contributed by atoms with Gasteiger partial charge in [-0.2, -0.15) is 0 Å². The summed E-state index contributed by atoms with van der Waals surface area (Å²) in [6.45, 7) is 8.61. The molecule has 1 saturated carbocycles. The second-order valence-corrected chi connectivity index (χ2v) is 7.46. The van der Waals surface area contributed by atoms with E-state index in [0.717, 1.165) is 6.04 Å². The van der Waals surface area contributed by atoms with Crippen molar-refractivity contribution in [2.45, 2.75) is 102 Å². The summed E-state index contributed by atoms with van der Waals surface area (Å²) in [5.41, 5.74) is 0.498. The lowest BCUT2D eigenvalue weighted by Crippen LogP contribution is -2.58. The molecule has 1 atom stereocenters. The molecule has 2 aliphatic rings. The smallest absolute Gasteiger partial charge is 0.0334 e. The van der Waals surface area contributed by atoms with Crippen LogP contribution < -0.4 is 5.32 Å². The third kappa shape index (κ3) is 4.96. The largest absolute Gasteiger partial charge is 0.312 e. The van der Waals surface area contributed by atoms with Gasteiger partial charge in [0.15, 0.2) is 0 Å². The van der Waals surface area contributed by atoms with E-state index >= 15 is 0 Å². The summed E-state index contributed by atoms with van der Waals surface area (Å²) in [5.74, 6) is 0. The highest BCUT2D eigenvalue weighted by molar-refractivity contribution is 4.96. The molecular formula is C19H38N2. The van der Waals surface area contributed by atoms with E-state index in [4.69, 9.17) is 0 Å². The average molecular weight is 295 g/mol. The topological polar surface area (TPSA) is 15.3 Å². The van der Waals surface area contributed by atoms with Crippen LogP contribution in [0.1, 0.15) is 90.9 Å². The lowest BCUT2D eigenvalue weighted by Gasteiger charge is -2.49. The van der Waals surface area contributed by atoms with Crippen molar-refractivity contribution in [2.24, 2.45) is 0 Å². The Hall–Kier alpha value is -0.0800. The van der Waals surface area contributed by atoms with Crippen LogP contribution in [0.5, 0.6) is 0 Å². The van der Waals surface area contributed by atoms with Crippen LogP contribution in [0.3, 0.4) is 0 Å². The van der Waals surface area contributed by atoms with Gasteiger partial charge in [-0.3, -0.25) is 4.90 Å². The maximum Gasteiger partial charge on any atom is 0.0334 e. The van der Waals surface area contributed by atoms with E-state index in [1.54, 1.807) is 0 Å². The van der Waals surface area contributed by atoms with Crippen LogP contribution in [0.25, 0.3) is 0 Å². The first-order valence-corrected chi connectivity index (χ1v) is 9.79. The highest BCUT2D eigenvalue weighted by Crippen LogP contribution is 2.35. The molecule has 2 nitrogen and oxygen atoms in total. The van der Waals surface area contributed by atoms with Gasteiger partial charge in [-0.1, -0.05) is 52.4 Å². The van der Waals surface area contributed by atoms with Gasteiger partial charge < -0.3 is 5.32 Å². The molecule has 0 aromatic rings. The van der Waals surface area contributed by atoms with Crippen molar-refractivity contribution in [1.29, 1.82) is 0 Å². The normalized spacial score (nSPS) is 24.9. The molecule has 0 bridgehead atoms. The van der Waals surface area contributed by atoms with E-state index < -0.39 is 0 Å². The first kappa shape index (κ1) is 17.3. The Morgan fingerprint density at radius 2 is 1.62 bits per heavy atom. The molecule has 2 rings (SSSR count). The zero-order valence-electron chi connectivity index (χ0n) is 14.6. The summed E-state index contributed by atoms with van der Waals surface area (Å²) in [5, 5.41) is 3.97. The minimum Gasteiger partial charge on any atom is -0.312 e. The molecule has 0 radical (unpaired) electrons. The molecule has 1 saturated heterocycles. The fourth-order valence-electron chi connectivity index (χ4n) is 4.42. The van der Waals surface area contributed by atoms with Crippen LogP contribution in [-0.4, -0.2) is 36.1 Å². The van der Waals surface area contributed by atoms with Gasteiger partial charge in [0.25, 0.3) is 0 Å². The molecule has 1 aliphatic heterocycles. The van der Waals surface area contributed by atoms with Crippen LogP contribution in [0.15, 0.2) is 0 Å². The molecule has 0 amide bonds. The van der Waals surface area contributed by atoms with Gasteiger partial charge in [0.05, 0.1) is 0 Å². The number of hydrogen-bond donors (Lipinski definition) is 1. The lowest BCUT2D eigenvalue weighted by atomic mass is 9.79. The van der Waals surface area contributed by atoms with E-state index in [-0.39, 0.29) is 0 Å². The third-order valence-electron chi connectivity index (χ3n) is 5.93. The predicted molar refractivity (Wildman–Crippen MR) is 92.8 cm³/mol. The van der Waals surface area contributed by atoms with Crippen molar-refractivity contribution in [3.05, 3.63) is 0 Å². The van der Waals surface area contributed by atoms with Crippen molar-refractivity contribution < 1.29 is 0 Å². The molecule has 2 heteroatoms. The van der Waals surface area contributed by atoms with E-state index in [2.05, 4.69) is 24.1 Å². The molecular weight excluding hydrogens is 256 g/mol. The summed E-state index contributed by atoms with van der Waals surface area (Å²) in [4.78, 5) is 2.87. The van der Waals surface area contributed by atoms with Crippen LogP contribution in [0, 0.1) is 0 Å². The standard InChI is InChI=1S/C19H38N2/c1-3-5-12-18(4-2)20-17-19(13-8-6-9-14-19)21-15-10-7-11-16-21/h18,20H,3-17H2,1-2H3. The Morgan fingerprint density at radius 1 is 0.952 bits per heavy atom. The van der Waals surface area contributed by atoms with E-state index in [9.17, 15) is 0 Å². The number of likely N-dealkylation sites (tertiary alicyclic amines) is 1. The maximum absolute atomic E-state index is 3.97. The van der Waals surface area contributed by atoms with Gasteiger partial charge in [-0.05, 0) is 51.6 Å². The first-order valence-electron chi connectivity index (χ1n) is 9.79. The Kier molecular flexibility index (Phi) is 7.53. The minimum absolute atomic E-state index is 0.498. The van der Waals surface area contributed by atoms with Gasteiger partial charge in [0.1, 0.15) is 0 Å². The number of hydrogen-bond acceptors (Lipinski definition) is 2. The van der Waals surface area contributed by atoms with Gasteiger partial charge in [-0.15, -0.1) is 0 Å². The fourth-order valence-corrected chi connectivity index (χ4v) is 4.42. The fraction of sp³-hybridized carbons (Fsp3) is 1.00. The second kappa shape index (κ2) is 9.15. The van der Waals surface area contributed by atoms with Crippen molar-refractivity contribution in [3.8, 4) is 0 Å². The molecule has 124 valence electrons. The monoisotopic (exact) mass is 294 g/mol. The van der Waals surface area contributed by atoms with E-state index in [0.29, 0.717) is 5.54 Å². The second-order valence-electron chi connectivity index (χ2n) is 7.46. The Bertz CT molecular complexity index is 265. The Labute approximate surface area is 133 Å². The lowest BCUT2D eigenvalue weighted by molar-refractivity contribution is 0.0310. The molecule has 1 aliphatic carbocycles. The number of unbranched alkanes of at least 4 members (excludes halogenated alkanes) is 1. The molecule has 2 fully saturated rings. The van der Waals surface area contributed by atoms with Crippen molar-refractivity contribution >= 4 is 0 Å². The third-order valence-corrected chi connectivity index (χ3v) is 5.93. The van der Waals surface area contributed by atoms with E-state index in [1.165, 1.54) is 96.7 Å². The Morgan fingerprint density at radius 3 is 2.24 bits per heavy atom. The van der Waals surface area contributed by atoms with Crippen molar-refractivity contribution in [3.63, 3.8) is 0 Å². The SMILES string of the molecule is CCCCC(CC)NCC1(N2CCCCC2)CCCCC1. The molecule has 1 heterocycles. The molecule has 1 unspecified atom stereocenters. The highest BCUT2D eigenvalue weighted by Gasteiger charge is 2.38. The van der Waals surface area contributed by atoms with E-state index in [1.807, 2.05) is 0 Å². The number of nitrogens with zero attached hydrogens (tertiary/aromatic N) is 1. The maximum atomic E-state index is 3.97. The van der Waals surface area contributed by atoms with Gasteiger partial charge in [0, 0.05) is 18.1 Å². The highest BCUT2D eigenvalue weighted by atomic mass is 15.2. The first-order chi connectivity index (χ1) is 10.3. The van der Waals surface area contributed by atoms with Gasteiger partial charge >= 0.3 is 0 Å². The van der Waals surface area contributed by atoms with Gasteiger partial charge in [-0.25, -0.2) is 0 Å². The quantitative estimate of drug-likeness (QED) is 0.696. The van der Waals surface area contributed by atoms with Crippen LogP contribution >= 0.6 is 0 Å². The zero-order chi connectivity index (χ0) is 15.0. The summed E-state index contributed by atoms with van der Waals surface area (Å²) >= 11 is 0. The Balaban J connectivity index is 1.91. The molecule has 1 N–H and O–H groups in total. The minimum atomic E-state index is 0.498. The van der Waals surface area contributed by atoms with Gasteiger partial charge in [0.2, 0.25) is 0 Å². The van der Waals surface area contributed by atoms with Crippen LogP contribution in [0.4, 0.5) is 0 Å². The average Bonchev–Trinajstić information content (AvgIpc) is 2.57. The predicted octanol–water partition coefficient (Wildman–Crippen LogP) is 4.73. The van der Waals surface area contributed by atoms with Crippen molar-refractivity contribution in [1.82, 2.24) is 10.2 Å². The molecule has 0 spiro atoms. The number of nitrogens with one attached hydrogen (secondary N) is 1. The molecule has 0 aromatic heterocycles. The number of piperidine rings is 1. The summed E-state index contributed by atoms with van der Waals surface area (Å²) in [6.07, 6.45) is 16.9. The summed E-state index contributed by atoms with van der Waals surface area (Å²) in [7, 11) is 0. The van der Waals surface area contributed by atoms with Crippen LogP contribution in [0.2, 0.25) is 0 Å². The number of rotatable bonds is 8. The molecule has 21 heavy (non-hydrogen) atoms. The zero-order valence-corrected chi connectivity index (χ0v) is 14.6. The summed E-state index contributed by atoms with van der Waals surface area (Å²) < 4.78 is 0. The van der Waals surface area contributed by atoms with Crippen LogP contribution in [-0.2, 0) is 0 Å². The summed E-state index contributed by atoms with van der Waals surface area (Å²) in [6, 6.07) is 0.744. The molecule has 0 aromatic carbocycles. The van der Waals surface area contributed by atoms with Crippen molar-refractivity contribution in [2.75, 3.05) is 19.6 Å².